The molecule has 2 atom stereocenters. The van der Waals surface area contributed by atoms with Crippen LogP contribution in [0, 0.1) is 6.92 Å². The van der Waals surface area contributed by atoms with Crippen molar-refractivity contribution in [3.05, 3.63) is 71.2 Å². The normalized spacial score (nSPS) is 16.8. The number of rotatable bonds is 8. The van der Waals surface area contributed by atoms with Crippen LogP contribution in [0.25, 0.3) is 16.9 Å². The lowest BCUT2D eigenvalue weighted by molar-refractivity contribution is -0.143. The third-order valence-corrected chi connectivity index (χ3v) is 7.72. The quantitative estimate of drug-likeness (QED) is 0.318. The molecule has 228 valence electrons. The molecular formula is C30H33F3N6O4. The van der Waals surface area contributed by atoms with Gasteiger partial charge in [-0.2, -0.15) is 18.3 Å². The second-order valence-electron chi connectivity index (χ2n) is 10.4. The number of aliphatic hydroxyl groups is 1. The summed E-state index contributed by atoms with van der Waals surface area (Å²) < 4.78 is 54.3. The number of hydrogen-bond donors (Lipinski definition) is 1. The second kappa shape index (κ2) is 12.2. The molecule has 43 heavy (non-hydrogen) atoms. The molecule has 4 heterocycles. The Labute approximate surface area is 246 Å². The fraction of sp³-hybridized carbons (Fsp3) is 0.400. The van der Waals surface area contributed by atoms with Gasteiger partial charge in [0.2, 0.25) is 5.88 Å². The van der Waals surface area contributed by atoms with Gasteiger partial charge in [0.05, 0.1) is 38.3 Å². The van der Waals surface area contributed by atoms with Crippen LogP contribution in [-0.4, -0.2) is 86.4 Å². The predicted octanol–water partition coefficient (Wildman–Crippen LogP) is 4.41. The lowest BCUT2D eigenvalue weighted by Gasteiger charge is -2.42. The number of carbonyl (C=O) groups is 1. The summed E-state index contributed by atoms with van der Waals surface area (Å²) in [6, 6.07) is 9.48. The molecule has 13 heteroatoms. The van der Waals surface area contributed by atoms with Crippen LogP contribution in [0.5, 0.6) is 11.6 Å². The van der Waals surface area contributed by atoms with Crippen molar-refractivity contribution in [1.82, 2.24) is 29.4 Å². The fourth-order valence-corrected chi connectivity index (χ4v) is 5.57. The van der Waals surface area contributed by atoms with Gasteiger partial charge in [0.15, 0.2) is 11.3 Å². The van der Waals surface area contributed by atoms with Crippen LogP contribution in [0.1, 0.15) is 47.1 Å². The minimum atomic E-state index is -4.74. The molecule has 3 aromatic heterocycles. The molecule has 1 amide bonds. The molecule has 10 nitrogen and oxygen atoms in total. The van der Waals surface area contributed by atoms with Crippen molar-refractivity contribution in [3.8, 4) is 22.9 Å². The topological polar surface area (TPSA) is 105 Å². The number of piperazine rings is 1. The van der Waals surface area contributed by atoms with Gasteiger partial charge >= 0.3 is 6.18 Å². The van der Waals surface area contributed by atoms with Crippen molar-refractivity contribution in [3.63, 3.8) is 0 Å². The first kappa shape index (κ1) is 30.2. The van der Waals surface area contributed by atoms with Crippen LogP contribution < -0.4 is 9.47 Å². The Bertz CT molecular complexity index is 1590. The molecule has 1 aliphatic rings. The summed E-state index contributed by atoms with van der Waals surface area (Å²) in [6.07, 6.45) is -1.93. The number of carbonyl (C=O) groups excluding carboxylic acids is 1. The highest BCUT2D eigenvalue weighted by molar-refractivity contribution is 6.00. The van der Waals surface area contributed by atoms with Gasteiger partial charge in [0.1, 0.15) is 11.3 Å². The number of benzene rings is 1. The monoisotopic (exact) mass is 598 g/mol. The molecule has 0 bridgehead atoms. The Morgan fingerprint density at radius 3 is 2.47 bits per heavy atom. The maximum atomic E-state index is 14.3. The number of fused-ring (bicyclic) bond motifs is 1. The average Bonchev–Trinajstić information content (AvgIpc) is 3.40. The number of alkyl halides is 3. The van der Waals surface area contributed by atoms with E-state index in [1.165, 1.54) is 14.0 Å². The molecule has 0 saturated carbocycles. The largest absolute Gasteiger partial charge is 0.497 e. The van der Waals surface area contributed by atoms with Gasteiger partial charge in [-0.15, -0.1) is 0 Å². The van der Waals surface area contributed by atoms with Crippen molar-refractivity contribution < 1.29 is 32.5 Å². The minimum absolute atomic E-state index is 0.0185. The summed E-state index contributed by atoms with van der Waals surface area (Å²) >= 11 is 0. The van der Waals surface area contributed by atoms with Crippen molar-refractivity contribution in [1.29, 1.82) is 0 Å². The van der Waals surface area contributed by atoms with Crippen molar-refractivity contribution in [2.45, 2.75) is 39.0 Å². The van der Waals surface area contributed by atoms with E-state index in [0.29, 0.717) is 47.9 Å². The molecule has 1 aliphatic heterocycles. The molecule has 0 aliphatic carbocycles. The standard InChI is InChI=1S/C30H33F3N6O4/c1-5-43-25-11-8-21(14-34-25)24(17-40)37-12-13-38(18(2)16-37)29(41)23-15-35-39-27(30(31,32)33)19(3)26(36-28(23)39)20-6-9-22(42-4)10-7-20/h6-11,14-15,18,24,40H,5,12-13,16-17H2,1-4H3/t18-,24+/m1/s1. The summed E-state index contributed by atoms with van der Waals surface area (Å²) in [5.41, 5.74) is 0.0809. The van der Waals surface area contributed by atoms with Gasteiger partial charge in [-0.3, -0.25) is 9.69 Å². The van der Waals surface area contributed by atoms with Gasteiger partial charge in [0, 0.05) is 49.1 Å². The number of amides is 1. The SMILES string of the molecule is CCOc1ccc([C@H](CO)N2CCN(C(=O)c3cnn4c(C(F)(F)F)c(C)c(-c5ccc(OC)cc5)nc34)[C@H](C)C2)cn1. The lowest BCUT2D eigenvalue weighted by atomic mass is 10.0. The van der Waals surface area contributed by atoms with E-state index in [1.54, 1.807) is 41.4 Å². The van der Waals surface area contributed by atoms with E-state index in [-0.39, 0.29) is 41.2 Å². The summed E-state index contributed by atoms with van der Waals surface area (Å²) in [6.45, 7) is 6.58. The Morgan fingerprint density at radius 1 is 1.14 bits per heavy atom. The third-order valence-electron chi connectivity index (χ3n) is 7.72. The number of aromatic nitrogens is 4. The summed E-state index contributed by atoms with van der Waals surface area (Å²) in [5.74, 6) is 0.581. The van der Waals surface area contributed by atoms with Crippen molar-refractivity contribution >= 4 is 11.6 Å². The first-order valence-corrected chi connectivity index (χ1v) is 13.9. The number of nitrogens with zero attached hydrogens (tertiary/aromatic N) is 6. The molecule has 5 rings (SSSR count). The van der Waals surface area contributed by atoms with Crippen LogP contribution in [0.3, 0.4) is 0 Å². The summed E-state index contributed by atoms with van der Waals surface area (Å²) in [7, 11) is 1.50. The lowest BCUT2D eigenvalue weighted by Crippen LogP contribution is -2.55. The van der Waals surface area contributed by atoms with Crippen LogP contribution in [0.2, 0.25) is 0 Å². The van der Waals surface area contributed by atoms with E-state index in [0.717, 1.165) is 11.8 Å². The molecular weight excluding hydrogens is 565 g/mol. The molecule has 1 saturated heterocycles. The smallest absolute Gasteiger partial charge is 0.433 e. The zero-order valence-corrected chi connectivity index (χ0v) is 24.3. The number of aliphatic hydroxyl groups excluding tert-OH is 1. The number of methoxy groups -OCH3 is 1. The van der Waals surface area contributed by atoms with Gasteiger partial charge in [0.25, 0.3) is 5.91 Å². The molecule has 1 fully saturated rings. The van der Waals surface area contributed by atoms with E-state index in [2.05, 4.69) is 20.0 Å². The van der Waals surface area contributed by atoms with Crippen LogP contribution in [0.15, 0.2) is 48.8 Å². The van der Waals surface area contributed by atoms with E-state index in [4.69, 9.17) is 9.47 Å². The van der Waals surface area contributed by atoms with Gasteiger partial charge < -0.3 is 19.5 Å². The predicted molar refractivity (Wildman–Crippen MR) is 152 cm³/mol. The fourth-order valence-electron chi connectivity index (χ4n) is 5.57. The Hall–Kier alpha value is -4.23. The van der Waals surface area contributed by atoms with Crippen molar-refractivity contribution in [2.24, 2.45) is 0 Å². The average molecular weight is 599 g/mol. The highest BCUT2D eigenvalue weighted by Gasteiger charge is 2.39. The van der Waals surface area contributed by atoms with E-state index < -0.39 is 17.8 Å². The van der Waals surface area contributed by atoms with E-state index >= 15 is 0 Å². The van der Waals surface area contributed by atoms with Crippen LogP contribution in [-0.2, 0) is 6.18 Å². The summed E-state index contributed by atoms with van der Waals surface area (Å²) in [4.78, 5) is 26.3. The van der Waals surface area contributed by atoms with Gasteiger partial charge in [-0.25, -0.2) is 14.5 Å². The maximum Gasteiger partial charge on any atom is 0.433 e. The molecule has 1 N–H and O–H groups in total. The first-order chi connectivity index (χ1) is 20.6. The zero-order chi connectivity index (χ0) is 30.9. The number of pyridine rings is 1. The van der Waals surface area contributed by atoms with E-state index in [1.807, 2.05) is 19.9 Å². The van der Waals surface area contributed by atoms with Gasteiger partial charge in [-0.1, -0.05) is 6.07 Å². The molecule has 4 aromatic rings. The second-order valence-corrected chi connectivity index (χ2v) is 10.4. The first-order valence-electron chi connectivity index (χ1n) is 13.9. The number of halogens is 3. The Kier molecular flexibility index (Phi) is 8.56. The Balaban J connectivity index is 1.44. The third kappa shape index (κ3) is 5.87. The molecule has 0 unspecified atom stereocenters. The highest BCUT2D eigenvalue weighted by Crippen LogP contribution is 2.37. The summed E-state index contributed by atoms with van der Waals surface area (Å²) in [5, 5.41) is 14.2. The zero-order valence-electron chi connectivity index (χ0n) is 24.3. The van der Waals surface area contributed by atoms with Crippen LogP contribution >= 0.6 is 0 Å². The van der Waals surface area contributed by atoms with Crippen LogP contribution in [0.4, 0.5) is 13.2 Å². The molecule has 0 spiro atoms. The maximum absolute atomic E-state index is 14.3. The Morgan fingerprint density at radius 2 is 1.88 bits per heavy atom. The molecule has 1 aromatic carbocycles. The number of ether oxygens (including phenoxy) is 2. The molecule has 0 radical (unpaired) electrons. The van der Waals surface area contributed by atoms with Gasteiger partial charge in [-0.05, 0) is 50.6 Å². The van der Waals surface area contributed by atoms with E-state index in [9.17, 15) is 23.1 Å². The number of hydrogen-bond acceptors (Lipinski definition) is 8. The highest BCUT2D eigenvalue weighted by atomic mass is 19.4. The van der Waals surface area contributed by atoms with Crippen molar-refractivity contribution in [2.75, 3.05) is 40.0 Å². The minimum Gasteiger partial charge on any atom is -0.497 e.